The Labute approximate surface area is 152 Å². The highest BCUT2D eigenvalue weighted by Gasteiger charge is 2.29. The van der Waals surface area contributed by atoms with Crippen LogP contribution in [0.5, 0.6) is 0 Å². The van der Waals surface area contributed by atoms with Crippen molar-refractivity contribution in [2.45, 2.75) is 12.5 Å². The first-order valence-corrected chi connectivity index (χ1v) is 10.3. The number of aromatic nitrogens is 1. The molecule has 1 aliphatic rings. The molecule has 0 bridgehead atoms. The lowest BCUT2D eigenvalue weighted by molar-refractivity contribution is 0.0943. The van der Waals surface area contributed by atoms with Gasteiger partial charge in [0.15, 0.2) is 9.84 Å². The van der Waals surface area contributed by atoms with Crippen molar-refractivity contribution in [1.29, 1.82) is 0 Å². The fourth-order valence-electron chi connectivity index (χ4n) is 3.29. The molecule has 0 radical (unpaired) electrons. The topological polar surface area (TPSA) is 76.1 Å². The van der Waals surface area contributed by atoms with E-state index in [1.165, 1.54) is 0 Å². The minimum atomic E-state index is -3.04. The Kier molecular flexibility index (Phi) is 4.20. The minimum absolute atomic E-state index is 0.00724. The number of hydrogen-bond donors (Lipinski definition) is 1. The monoisotopic (exact) mass is 366 g/mol. The maximum atomic E-state index is 12.9. The minimum Gasteiger partial charge on any atom is -0.348 e. The summed E-state index contributed by atoms with van der Waals surface area (Å²) in [6, 6.07) is 18.6. The average Bonchev–Trinajstić information content (AvgIpc) is 2.99. The standard InChI is InChI=1S/C20H18N2O3S/c23-20(21-15-10-11-26(24,25)13-15)17-12-19(14-6-2-1-3-7-14)22-18-9-5-4-8-16(17)18/h1-9,12,15H,10-11,13H2,(H,21,23)/t15-/m1/s1. The van der Waals surface area contributed by atoms with Crippen LogP contribution in [0.4, 0.5) is 0 Å². The molecule has 5 nitrogen and oxygen atoms in total. The van der Waals surface area contributed by atoms with Gasteiger partial charge in [0.2, 0.25) is 0 Å². The van der Waals surface area contributed by atoms with Crippen molar-refractivity contribution in [1.82, 2.24) is 10.3 Å². The number of para-hydroxylation sites is 1. The predicted octanol–water partition coefficient (Wildman–Crippen LogP) is 2.82. The molecular formula is C20H18N2O3S. The van der Waals surface area contributed by atoms with E-state index in [1.54, 1.807) is 6.07 Å². The molecule has 3 aromatic rings. The Balaban J connectivity index is 1.74. The number of sulfone groups is 1. The SMILES string of the molecule is O=C(N[C@@H]1CCS(=O)(=O)C1)c1cc(-c2ccccc2)nc2ccccc12. The molecule has 1 saturated heterocycles. The highest BCUT2D eigenvalue weighted by Crippen LogP contribution is 2.25. The first-order chi connectivity index (χ1) is 12.5. The van der Waals surface area contributed by atoms with E-state index >= 15 is 0 Å². The lowest BCUT2D eigenvalue weighted by Crippen LogP contribution is -2.35. The summed E-state index contributed by atoms with van der Waals surface area (Å²) < 4.78 is 23.3. The van der Waals surface area contributed by atoms with Gasteiger partial charge in [-0.25, -0.2) is 13.4 Å². The van der Waals surface area contributed by atoms with Gasteiger partial charge in [-0.15, -0.1) is 0 Å². The Morgan fingerprint density at radius 3 is 2.50 bits per heavy atom. The summed E-state index contributed by atoms with van der Waals surface area (Å²) in [5.74, 6) is -0.125. The smallest absolute Gasteiger partial charge is 0.252 e. The van der Waals surface area contributed by atoms with E-state index in [0.717, 1.165) is 16.5 Å². The first kappa shape index (κ1) is 16.7. The summed E-state index contributed by atoms with van der Waals surface area (Å²) in [6.45, 7) is 0. The highest BCUT2D eigenvalue weighted by molar-refractivity contribution is 7.91. The fraction of sp³-hybridized carbons (Fsp3) is 0.200. The van der Waals surface area contributed by atoms with Gasteiger partial charge in [0, 0.05) is 17.0 Å². The van der Waals surface area contributed by atoms with Crippen molar-refractivity contribution in [3.63, 3.8) is 0 Å². The summed E-state index contributed by atoms with van der Waals surface area (Å²) >= 11 is 0. The van der Waals surface area contributed by atoms with Gasteiger partial charge in [0.1, 0.15) is 0 Å². The summed E-state index contributed by atoms with van der Waals surface area (Å²) in [4.78, 5) is 17.5. The molecule has 1 atom stereocenters. The van der Waals surface area contributed by atoms with Crippen molar-refractivity contribution >= 4 is 26.6 Å². The van der Waals surface area contributed by atoms with Crippen LogP contribution in [0, 0.1) is 0 Å². The molecular weight excluding hydrogens is 348 g/mol. The molecule has 132 valence electrons. The van der Waals surface area contributed by atoms with E-state index in [0.29, 0.717) is 17.7 Å². The molecule has 1 amide bonds. The molecule has 2 heterocycles. The van der Waals surface area contributed by atoms with Crippen molar-refractivity contribution in [3.8, 4) is 11.3 Å². The number of fused-ring (bicyclic) bond motifs is 1. The van der Waals surface area contributed by atoms with Gasteiger partial charge < -0.3 is 5.32 Å². The maximum absolute atomic E-state index is 12.9. The number of carbonyl (C=O) groups is 1. The zero-order valence-electron chi connectivity index (χ0n) is 14.1. The van der Waals surface area contributed by atoms with Crippen LogP contribution in [0.3, 0.4) is 0 Å². The quantitative estimate of drug-likeness (QED) is 0.773. The van der Waals surface area contributed by atoms with Gasteiger partial charge >= 0.3 is 0 Å². The predicted molar refractivity (Wildman–Crippen MR) is 102 cm³/mol. The second-order valence-corrected chi connectivity index (χ2v) is 8.74. The fourth-order valence-corrected chi connectivity index (χ4v) is 4.97. The molecule has 0 spiro atoms. The lowest BCUT2D eigenvalue weighted by Gasteiger charge is -2.14. The van der Waals surface area contributed by atoms with Crippen LogP contribution in [-0.4, -0.2) is 36.9 Å². The maximum Gasteiger partial charge on any atom is 0.252 e. The third-order valence-corrected chi connectivity index (χ3v) is 6.37. The van der Waals surface area contributed by atoms with Crippen LogP contribution >= 0.6 is 0 Å². The Morgan fingerprint density at radius 1 is 1.04 bits per heavy atom. The number of pyridine rings is 1. The van der Waals surface area contributed by atoms with Crippen LogP contribution in [-0.2, 0) is 9.84 Å². The lowest BCUT2D eigenvalue weighted by atomic mass is 10.0. The third-order valence-electron chi connectivity index (χ3n) is 4.60. The molecule has 1 aromatic heterocycles. The second kappa shape index (κ2) is 6.53. The van der Waals surface area contributed by atoms with Gasteiger partial charge in [-0.1, -0.05) is 48.5 Å². The Hall–Kier alpha value is -2.73. The zero-order chi connectivity index (χ0) is 18.1. The highest BCUT2D eigenvalue weighted by atomic mass is 32.2. The van der Waals surface area contributed by atoms with E-state index in [-0.39, 0.29) is 23.5 Å². The van der Waals surface area contributed by atoms with Crippen LogP contribution < -0.4 is 5.32 Å². The molecule has 0 unspecified atom stereocenters. The third kappa shape index (κ3) is 3.32. The van der Waals surface area contributed by atoms with E-state index in [2.05, 4.69) is 10.3 Å². The van der Waals surface area contributed by atoms with Gasteiger partial charge in [-0.05, 0) is 18.6 Å². The van der Waals surface area contributed by atoms with E-state index in [1.807, 2.05) is 54.6 Å². The van der Waals surface area contributed by atoms with Crippen molar-refractivity contribution in [2.75, 3.05) is 11.5 Å². The van der Waals surface area contributed by atoms with Crippen LogP contribution in [0.1, 0.15) is 16.8 Å². The summed E-state index contributed by atoms with van der Waals surface area (Å²) in [5.41, 5.74) is 2.89. The van der Waals surface area contributed by atoms with Crippen molar-refractivity contribution in [2.24, 2.45) is 0 Å². The number of carbonyl (C=O) groups excluding carboxylic acids is 1. The summed E-state index contributed by atoms with van der Waals surface area (Å²) in [6.07, 6.45) is 0.461. The largest absolute Gasteiger partial charge is 0.348 e. The summed E-state index contributed by atoms with van der Waals surface area (Å²) in [7, 11) is -3.04. The molecule has 1 aliphatic heterocycles. The number of rotatable bonds is 3. The van der Waals surface area contributed by atoms with E-state index in [9.17, 15) is 13.2 Å². The average molecular weight is 366 g/mol. The second-order valence-electron chi connectivity index (χ2n) is 6.51. The van der Waals surface area contributed by atoms with Crippen molar-refractivity contribution < 1.29 is 13.2 Å². The Morgan fingerprint density at radius 2 is 1.77 bits per heavy atom. The molecule has 2 aromatic carbocycles. The molecule has 6 heteroatoms. The number of nitrogens with zero attached hydrogens (tertiary/aromatic N) is 1. The molecule has 0 saturated carbocycles. The number of hydrogen-bond acceptors (Lipinski definition) is 4. The van der Waals surface area contributed by atoms with Gasteiger partial charge in [-0.2, -0.15) is 0 Å². The van der Waals surface area contributed by atoms with Crippen LogP contribution in [0.15, 0.2) is 60.7 Å². The summed E-state index contributed by atoms with van der Waals surface area (Å²) in [5, 5.41) is 3.63. The number of amides is 1. The molecule has 0 aliphatic carbocycles. The molecule has 1 N–H and O–H groups in total. The zero-order valence-corrected chi connectivity index (χ0v) is 14.9. The van der Waals surface area contributed by atoms with Crippen LogP contribution in [0.25, 0.3) is 22.2 Å². The first-order valence-electron chi connectivity index (χ1n) is 8.48. The van der Waals surface area contributed by atoms with Crippen molar-refractivity contribution in [3.05, 3.63) is 66.2 Å². The normalized spacial score (nSPS) is 18.7. The van der Waals surface area contributed by atoms with Gasteiger partial charge in [-0.3, -0.25) is 4.79 Å². The van der Waals surface area contributed by atoms with Gasteiger partial charge in [0.05, 0.1) is 28.3 Å². The molecule has 4 rings (SSSR count). The number of nitrogens with one attached hydrogen (secondary N) is 1. The Bertz CT molecular complexity index is 1080. The van der Waals surface area contributed by atoms with Gasteiger partial charge in [0.25, 0.3) is 5.91 Å². The van der Waals surface area contributed by atoms with Crippen LogP contribution in [0.2, 0.25) is 0 Å². The molecule has 1 fully saturated rings. The van der Waals surface area contributed by atoms with E-state index < -0.39 is 9.84 Å². The van der Waals surface area contributed by atoms with E-state index in [4.69, 9.17) is 0 Å². The number of benzene rings is 2. The molecule has 26 heavy (non-hydrogen) atoms.